The van der Waals surface area contributed by atoms with Gasteiger partial charge in [0.05, 0.1) is 18.9 Å². The number of aromatic nitrogens is 2. The number of rotatable bonds is 7. The Hall–Kier alpha value is -4.01. The molecule has 2 aliphatic heterocycles. The number of hydrogen-bond donors (Lipinski definition) is 0. The van der Waals surface area contributed by atoms with E-state index in [1.165, 1.54) is 0 Å². The summed E-state index contributed by atoms with van der Waals surface area (Å²) in [5.74, 6) is 3.48. The van der Waals surface area contributed by atoms with Crippen LogP contribution in [0.15, 0.2) is 48.5 Å². The van der Waals surface area contributed by atoms with Gasteiger partial charge >= 0.3 is 0 Å². The largest absolute Gasteiger partial charge is 0.490 e. The van der Waals surface area contributed by atoms with Gasteiger partial charge < -0.3 is 28.7 Å². The van der Waals surface area contributed by atoms with E-state index in [1.807, 2.05) is 49.1 Å². The molecule has 35 heavy (non-hydrogen) atoms. The highest BCUT2D eigenvalue weighted by molar-refractivity contribution is 5.95. The Balaban J connectivity index is 1.22. The van der Waals surface area contributed by atoms with Crippen molar-refractivity contribution in [3.63, 3.8) is 0 Å². The molecule has 0 unspecified atom stereocenters. The van der Waals surface area contributed by atoms with Crippen molar-refractivity contribution in [2.24, 2.45) is 0 Å². The van der Waals surface area contributed by atoms with Crippen molar-refractivity contribution in [1.82, 2.24) is 15.1 Å². The second-order valence-corrected chi connectivity index (χ2v) is 8.15. The summed E-state index contributed by atoms with van der Waals surface area (Å²) in [5.41, 5.74) is 2.28. The fourth-order valence-corrected chi connectivity index (χ4v) is 4.21. The monoisotopic (exact) mass is 476 g/mol. The number of hydrogen-bond acceptors (Lipinski definition) is 8. The average molecular weight is 477 g/mol. The maximum Gasteiger partial charge on any atom is 0.254 e. The zero-order valence-corrected chi connectivity index (χ0v) is 19.9. The fraction of sp³-hybridized carbons (Fsp3) is 0.346. The second-order valence-electron chi connectivity index (χ2n) is 8.15. The number of amides is 1. The van der Waals surface area contributed by atoms with Gasteiger partial charge in [-0.1, -0.05) is 0 Å². The van der Waals surface area contributed by atoms with Crippen molar-refractivity contribution in [2.45, 2.75) is 13.8 Å². The lowest BCUT2D eigenvalue weighted by molar-refractivity contribution is 0.0746. The van der Waals surface area contributed by atoms with Crippen LogP contribution in [0.1, 0.15) is 24.2 Å². The van der Waals surface area contributed by atoms with E-state index in [0.29, 0.717) is 56.5 Å². The molecule has 1 aromatic heterocycles. The number of ether oxygens (including phenoxy) is 4. The second kappa shape index (κ2) is 10.1. The summed E-state index contributed by atoms with van der Waals surface area (Å²) in [7, 11) is 0. The zero-order valence-electron chi connectivity index (χ0n) is 19.9. The van der Waals surface area contributed by atoms with Crippen molar-refractivity contribution in [3.8, 4) is 34.3 Å². The first-order chi connectivity index (χ1) is 17.2. The molecule has 0 atom stereocenters. The molecule has 5 rings (SSSR count). The summed E-state index contributed by atoms with van der Waals surface area (Å²) in [6.45, 7) is 7.67. The molecule has 9 nitrogen and oxygen atoms in total. The van der Waals surface area contributed by atoms with Crippen molar-refractivity contribution in [3.05, 3.63) is 54.1 Å². The molecule has 2 aromatic carbocycles. The highest BCUT2D eigenvalue weighted by atomic mass is 16.7. The number of nitrogens with zero attached hydrogens (tertiary/aromatic N) is 4. The van der Waals surface area contributed by atoms with E-state index in [0.717, 1.165) is 28.6 Å². The van der Waals surface area contributed by atoms with Gasteiger partial charge in [0.15, 0.2) is 28.8 Å². The SMILES string of the molecule is CCOc1ccc(C(=O)N2CCN(c3ccc(-c4ccc5c(c4)OCO5)nn3)CC2)cc1OCC. The van der Waals surface area contributed by atoms with Crippen LogP contribution in [0.3, 0.4) is 0 Å². The smallest absolute Gasteiger partial charge is 0.254 e. The van der Waals surface area contributed by atoms with Crippen LogP contribution in [0.2, 0.25) is 0 Å². The van der Waals surface area contributed by atoms with Crippen LogP contribution >= 0.6 is 0 Å². The fourth-order valence-electron chi connectivity index (χ4n) is 4.21. The lowest BCUT2D eigenvalue weighted by atomic mass is 10.1. The van der Waals surface area contributed by atoms with E-state index in [4.69, 9.17) is 18.9 Å². The molecule has 0 spiro atoms. The highest BCUT2D eigenvalue weighted by Crippen LogP contribution is 2.35. The lowest BCUT2D eigenvalue weighted by Gasteiger charge is -2.35. The Morgan fingerprint density at radius 2 is 1.63 bits per heavy atom. The summed E-state index contributed by atoms with van der Waals surface area (Å²) >= 11 is 0. The van der Waals surface area contributed by atoms with Gasteiger partial charge in [-0.05, 0) is 62.4 Å². The minimum absolute atomic E-state index is 0.0158. The molecule has 3 aromatic rings. The van der Waals surface area contributed by atoms with Gasteiger partial charge in [-0.15, -0.1) is 10.2 Å². The number of anilines is 1. The maximum atomic E-state index is 13.1. The maximum absolute atomic E-state index is 13.1. The normalized spacial score (nSPS) is 14.7. The summed E-state index contributed by atoms with van der Waals surface area (Å²) in [5, 5.41) is 8.84. The average Bonchev–Trinajstić information content (AvgIpc) is 3.38. The van der Waals surface area contributed by atoms with Gasteiger partial charge in [0, 0.05) is 37.3 Å². The van der Waals surface area contributed by atoms with Crippen LogP contribution in [-0.2, 0) is 0 Å². The molecule has 182 valence electrons. The van der Waals surface area contributed by atoms with E-state index in [9.17, 15) is 4.79 Å². The molecule has 1 fully saturated rings. The van der Waals surface area contributed by atoms with Crippen molar-refractivity contribution in [1.29, 1.82) is 0 Å². The topological polar surface area (TPSA) is 86.3 Å². The van der Waals surface area contributed by atoms with Crippen LogP contribution in [0, 0.1) is 0 Å². The van der Waals surface area contributed by atoms with Crippen LogP contribution in [0.4, 0.5) is 5.82 Å². The van der Waals surface area contributed by atoms with Gasteiger partial charge in [-0.2, -0.15) is 0 Å². The number of carbonyl (C=O) groups is 1. The number of carbonyl (C=O) groups excluding carboxylic acids is 1. The first-order valence-electron chi connectivity index (χ1n) is 11.8. The molecule has 1 saturated heterocycles. The molecule has 2 aliphatic rings. The Morgan fingerprint density at radius 1 is 0.857 bits per heavy atom. The molecule has 3 heterocycles. The first-order valence-corrected chi connectivity index (χ1v) is 11.8. The quantitative estimate of drug-likeness (QED) is 0.511. The van der Waals surface area contributed by atoms with Gasteiger partial charge in [0.25, 0.3) is 5.91 Å². The summed E-state index contributed by atoms with van der Waals surface area (Å²) in [4.78, 5) is 17.1. The van der Waals surface area contributed by atoms with Crippen LogP contribution in [0.25, 0.3) is 11.3 Å². The molecule has 0 aliphatic carbocycles. The standard InChI is InChI=1S/C26H28N4O5/c1-3-32-21-9-6-19(16-23(21)33-4-2)26(31)30-13-11-29(12-14-30)25-10-7-20(27-28-25)18-5-8-22-24(15-18)35-17-34-22/h5-10,15-16H,3-4,11-14,17H2,1-2H3. The van der Waals surface area contributed by atoms with Crippen molar-refractivity contribution < 1.29 is 23.7 Å². The van der Waals surface area contributed by atoms with Crippen molar-refractivity contribution >= 4 is 11.7 Å². The predicted molar refractivity (Wildman–Crippen MR) is 130 cm³/mol. The van der Waals surface area contributed by atoms with Gasteiger partial charge in [0.1, 0.15) is 0 Å². The molecular weight excluding hydrogens is 448 g/mol. The molecule has 0 saturated carbocycles. The van der Waals surface area contributed by atoms with Crippen LogP contribution in [0.5, 0.6) is 23.0 Å². The third-order valence-electron chi connectivity index (χ3n) is 6.00. The Labute approximate surface area is 204 Å². The van der Waals surface area contributed by atoms with Gasteiger partial charge in [-0.3, -0.25) is 4.79 Å². The summed E-state index contributed by atoms with van der Waals surface area (Å²) < 4.78 is 22.1. The van der Waals surface area contributed by atoms with E-state index in [2.05, 4.69) is 15.1 Å². The molecule has 9 heteroatoms. The highest BCUT2D eigenvalue weighted by Gasteiger charge is 2.24. The van der Waals surface area contributed by atoms with E-state index < -0.39 is 0 Å². The first kappa shape index (κ1) is 22.8. The molecular formula is C26H28N4O5. The molecule has 0 radical (unpaired) electrons. The third-order valence-corrected chi connectivity index (χ3v) is 6.00. The summed E-state index contributed by atoms with van der Waals surface area (Å²) in [6, 6.07) is 15.0. The Bertz CT molecular complexity index is 1190. The number of fused-ring (bicyclic) bond motifs is 1. The van der Waals surface area contributed by atoms with Gasteiger partial charge in [-0.25, -0.2) is 0 Å². The number of benzene rings is 2. The van der Waals surface area contributed by atoms with E-state index >= 15 is 0 Å². The minimum Gasteiger partial charge on any atom is -0.490 e. The van der Waals surface area contributed by atoms with E-state index in [-0.39, 0.29) is 12.7 Å². The third kappa shape index (κ3) is 4.80. The van der Waals surface area contributed by atoms with Crippen LogP contribution < -0.4 is 23.8 Å². The molecule has 1 amide bonds. The van der Waals surface area contributed by atoms with Crippen LogP contribution in [-0.4, -0.2) is 67.2 Å². The molecule has 0 N–H and O–H groups in total. The zero-order chi connectivity index (χ0) is 24.2. The predicted octanol–water partition coefficient (Wildman–Crippen LogP) is 3.63. The number of piperazine rings is 1. The lowest BCUT2D eigenvalue weighted by Crippen LogP contribution is -2.49. The Morgan fingerprint density at radius 3 is 2.37 bits per heavy atom. The molecule has 0 bridgehead atoms. The minimum atomic E-state index is -0.0158. The van der Waals surface area contributed by atoms with Crippen molar-refractivity contribution in [2.75, 3.05) is 51.1 Å². The Kier molecular flexibility index (Phi) is 6.56. The summed E-state index contributed by atoms with van der Waals surface area (Å²) in [6.07, 6.45) is 0. The van der Waals surface area contributed by atoms with E-state index in [1.54, 1.807) is 18.2 Å². The van der Waals surface area contributed by atoms with Gasteiger partial charge in [0.2, 0.25) is 6.79 Å².